The average molecular weight is 209 g/mol. The van der Waals surface area contributed by atoms with E-state index in [0.29, 0.717) is 12.5 Å². The molecule has 86 valence electrons. The van der Waals surface area contributed by atoms with Crippen LogP contribution in [0, 0.1) is 5.92 Å². The number of alkyl halides is 2. The van der Waals surface area contributed by atoms with Gasteiger partial charge in [-0.25, -0.2) is 8.78 Å². The zero-order valence-corrected chi connectivity index (χ0v) is 9.22. The van der Waals surface area contributed by atoms with E-state index >= 15 is 0 Å². The standard InChI is InChI=1S/C10H21F2NO/c1-4-5-13-9(8(2)3)6-14-7-10(11)12/h8-10,13H,4-7H2,1-3H3. The van der Waals surface area contributed by atoms with Gasteiger partial charge in [0.2, 0.25) is 0 Å². The number of hydrogen-bond acceptors (Lipinski definition) is 2. The van der Waals surface area contributed by atoms with Gasteiger partial charge < -0.3 is 10.1 Å². The molecule has 0 aromatic carbocycles. The van der Waals surface area contributed by atoms with Crippen LogP contribution in [0.1, 0.15) is 27.2 Å². The highest BCUT2D eigenvalue weighted by Crippen LogP contribution is 2.03. The van der Waals surface area contributed by atoms with Crippen LogP contribution < -0.4 is 5.32 Å². The highest BCUT2D eigenvalue weighted by atomic mass is 19.3. The highest BCUT2D eigenvalue weighted by Gasteiger charge is 2.13. The summed E-state index contributed by atoms with van der Waals surface area (Å²) in [4.78, 5) is 0. The molecule has 0 aliphatic heterocycles. The predicted molar refractivity (Wildman–Crippen MR) is 53.7 cm³/mol. The molecule has 0 heterocycles. The van der Waals surface area contributed by atoms with E-state index in [1.807, 2.05) is 0 Å². The number of nitrogens with one attached hydrogen (secondary N) is 1. The van der Waals surface area contributed by atoms with Gasteiger partial charge in [-0.1, -0.05) is 20.8 Å². The van der Waals surface area contributed by atoms with E-state index < -0.39 is 13.0 Å². The van der Waals surface area contributed by atoms with E-state index in [1.165, 1.54) is 0 Å². The Morgan fingerprint density at radius 1 is 1.21 bits per heavy atom. The fourth-order valence-electron chi connectivity index (χ4n) is 1.10. The van der Waals surface area contributed by atoms with E-state index in [2.05, 4.69) is 26.1 Å². The van der Waals surface area contributed by atoms with Gasteiger partial charge in [0.25, 0.3) is 6.43 Å². The van der Waals surface area contributed by atoms with E-state index in [-0.39, 0.29) is 6.04 Å². The average Bonchev–Trinajstić information content (AvgIpc) is 2.09. The third kappa shape index (κ3) is 7.21. The van der Waals surface area contributed by atoms with Crippen molar-refractivity contribution in [2.45, 2.75) is 39.7 Å². The van der Waals surface area contributed by atoms with Gasteiger partial charge in [-0.15, -0.1) is 0 Å². The molecule has 0 bridgehead atoms. The van der Waals surface area contributed by atoms with Crippen molar-refractivity contribution in [3.8, 4) is 0 Å². The molecule has 0 rings (SSSR count). The maximum absolute atomic E-state index is 11.8. The van der Waals surface area contributed by atoms with E-state index in [9.17, 15) is 8.78 Å². The van der Waals surface area contributed by atoms with Crippen molar-refractivity contribution in [2.75, 3.05) is 19.8 Å². The van der Waals surface area contributed by atoms with Gasteiger partial charge in [-0.3, -0.25) is 0 Å². The third-order valence-electron chi connectivity index (χ3n) is 2.00. The van der Waals surface area contributed by atoms with Crippen LogP contribution in [0.3, 0.4) is 0 Å². The summed E-state index contributed by atoms with van der Waals surface area (Å²) in [6.45, 7) is 6.99. The Bertz CT molecular complexity index is 131. The maximum atomic E-state index is 11.8. The number of ether oxygens (including phenoxy) is 1. The Hall–Kier alpha value is -0.220. The fourth-order valence-corrected chi connectivity index (χ4v) is 1.10. The van der Waals surface area contributed by atoms with Crippen molar-refractivity contribution in [2.24, 2.45) is 5.92 Å². The fraction of sp³-hybridized carbons (Fsp3) is 1.00. The summed E-state index contributed by atoms with van der Waals surface area (Å²) in [5.74, 6) is 0.402. The van der Waals surface area contributed by atoms with E-state index in [1.54, 1.807) is 0 Å². The van der Waals surface area contributed by atoms with Crippen molar-refractivity contribution in [3.05, 3.63) is 0 Å². The molecule has 1 atom stereocenters. The van der Waals surface area contributed by atoms with Crippen LogP contribution in [0.25, 0.3) is 0 Å². The summed E-state index contributed by atoms with van der Waals surface area (Å²) in [6, 6.07) is 0.175. The molecule has 14 heavy (non-hydrogen) atoms. The Kier molecular flexibility index (Phi) is 7.99. The molecular formula is C10H21F2NO. The lowest BCUT2D eigenvalue weighted by Crippen LogP contribution is -2.38. The van der Waals surface area contributed by atoms with Crippen molar-refractivity contribution in [1.29, 1.82) is 0 Å². The Morgan fingerprint density at radius 2 is 1.86 bits per heavy atom. The van der Waals surface area contributed by atoms with Gasteiger partial charge in [0.15, 0.2) is 0 Å². The first-order valence-corrected chi connectivity index (χ1v) is 5.17. The zero-order chi connectivity index (χ0) is 11.0. The molecule has 0 fully saturated rings. The molecular weight excluding hydrogens is 188 g/mol. The largest absolute Gasteiger partial charge is 0.374 e. The third-order valence-corrected chi connectivity index (χ3v) is 2.00. The van der Waals surface area contributed by atoms with Gasteiger partial charge in [-0.05, 0) is 18.9 Å². The van der Waals surface area contributed by atoms with Crippen LogP contribution >= 0.6 is 0 Å². The van der Waals surface area contributed by atoms with E-state index in [4.69, 9.17) is 4.74 Å². The summed E-state index contributed by atoms with van der Waals surface area (Å²) in [5.41, 5.74) is 0. The number of rotatable bonds is 8. The first-order valence-electron chi connectivity index (χ1n) is 5.17. The molecule has 1 N–H and O–H groups in total. The second-order valence-electron chi connectivity index (χ2n) is 3.73. The molecule has 0 spiro atoms. The van der Waals surface area contributed by atoms with Crippen molar-refractivity contribution in [1.82, 2.24) is 5.32 Å². The minimum Gasteiger partial charge on any atom is -0.374 e. The quantitative estimate of drug-likeness (QED) is 0.662. The van der Waals surface area contributed by atoms with Crippen LogP contribution in [0.15, 0.2) is 0 Å². The highest BCUT2D eigenvalue weighted by molar-refractivity contribution is 4.69. The number of hydrogen-bond donors (Lipinski definition) is 1. The second kappa shape index (κ2) is 8.12. The minimum atomic E-state index is -2.37. The lowest BCUT2D eigenvalue weighted by atomic mass is 10.1. The first kappa shape index (κ1) is 13.8. The Balaban J connectivity index is 3.62. The molecule has 2 nitrogen and oxygen atoms in total. The lowest BCUT2D eigenvalue weighted by molar-refractivity contribution is 0.00503. The SMILES string of the molecule is CCCNC(COCC(F)F)C(C)C. The van der Waals surface area contributed by atoms with Gasteiger partial charge in [-0.2, -0.15) is 0 Å². The summed E-state index contributed by atoms with van der Waals surface area (Å²) in [5, 5.41) is 3.27. The molecule has 0 saturated heterocycles. The molecule has 0 aliphatic rings. The first-order chi connectivity index (χ1) is 6.57. The molecule has 0 aromatic rings. The molecule has 1 unspecified atom stereocenters. The summed E-state index contributed by atoms with van der Waals surface area (Å²) >= 11 is 0. The molecule has 0 radical (unpaired) electrons. The van der Waals surface area contributed by atoms with E-state index in [0.717, 1.165) is 13.0 Å². The van der Waals surface area contributed by atoms with Crippen LogP contribution in [0.4, 0.5) is 8.78 Å². The maximum Gasteiger partial charge on any atom is 0.261 e. The minimum absolute atomic E-state index is 0.175. The molecule has 0 amide bonds. The van der Waals surface area contributed by atoms with Crippen molar-refractivity contribution in [3.63, 3.8) is 0 Å². The summed E-state index contributed by atoms with van der Waals surface area (Å²) < 4.78 is 28.5. The molecule has 0 aliphatic carbocycles. The van der Waals surface area contributed by atoms with Crippen molar-refractivity contribution >= 4 is 0 Å². The van der Waals surface area contributed by atoms with Gasteiger partial charge in [0.05, 0.1) is 6.61 Å². The smallest absolute Gasteiger partial charge is 0.261 e. The lowest BCUT2D eigenvalue weighted by Gasteiger charge is -2.22. The monoisotopic (exact) mass is 209 g/mol. The van der Waals surface area contributed by atoms with Crippen molar-refractivity contribution < 1.29 is 13.5 Å². The molecule has 0 aromatic heterocycles. The summed E-state index contributed by atoms with van der Waals surface area (Å²) in [7, 11) is 0. The Labute approximate surface area is 85.0 Å². The Morgan fingerprint density at radius 3 is 2.29 bits per heavy atom. The predicted octanol–water partition coefficient (Wildman–Crippen LogP) is 2.29. The van der Waals surface area contributed by atoms with Crippen LogP contribution in [-0.2, 0) is 4.74 Å². The number of halogens is 2. The van der Waals surface area contributed by atoms with Gasteiger partial charge >= 0.3 is 0 Å². The summed E-state index contributed by atoms with van der Waals surface area (Å²) in [6.07, 6.45) is -1.33. The van der Waals surface area contributed by atoms with Crippen LogP contribution in [0.5, 0.6) is 0 Å². The van der Waals surface area contributed by atoms with Crippen LogP contribution in [-0.4, -0.2) is 32.2 Å². The van der Waals surface area contributed by atoms with Crippen LogP contribution in [0.2, 0.25) is 0 Å². The molecule has 0 saturated carbocycles. The van der Waals surface area contributed by atoms with Gasteiger partial charge in [0, 0.05) is 6.04 Å². The topological polar surface area (TPSA) is 21.3 Å². The zero-order valence-electron chi connectivity index (χ0n) is 9.22. The second-order valence-corrected chi connectivity index (χ2v) is 3.73. The molecule has 4 heteroatoms. The normalized spacial score (nSPS) is 13.9. The van der Waals surface area contributed by atoms with Gasteiger partial charge in [0.1, 0.15) is 6.61 Å².